The van der Waals surface area contributed by atoms with Gasteiger partial charge in [0.2, 0.25) is 5.13 Å². The Morgan fingerprint density at radius 1 is 1.67 bits per heavy atom. The van der Waals surface area contributed by atoms with E-state index in [4.69, 9.17) is 6.42 Å². The molecule has 0 aliphatic carbocycles. The minimum atomic E-state index is -0.411. The van der Waals surface area contributed by atoms with Crippen LogP contribution in [0.1, 0.15) is 5.01 Å². The molecule has 0 saturated carbocycles. The summed E-state index contributed by atoms with van der Waals surface area (Å²) in [5, 5.41) is 8.85. The monoisotopic (exact) mass is 181 g/mol. The molecule has 0 atom stereocenters. The Hall–Kier alpha value is -1.41. The molecular formula is C7H7N3OS. The summed E-state index contributed by atoms with van der Waals surface area (Å²) in [6.45, 7) is 1.81. The lowest BCUT2D eigenvalue weighted by atomic mass is 10.6. The molecule has 5 heteroatoms. The van der Waals surface area contributed by atoms with Crippen molar-refractivity contribution in [1.82, 2.24) is 10.2 Å². The topological polar surface area (TPSA) is 46.1 Å². The van der Waals surface area contributed by atoms with Crippen molar-refractivity contribution >= 4 is 22.4 Å². The van der Waals surface area contributed by atoms with E-state index >= 15 is 0 Å². The molecule has 4 nitrogen and oxygen atoms in total. The summed E-state index contributed by atoms with van der Waals surface area (Å²) in [5.74, 6) is 1.59. The van der Waals surface area contributed by atoms with Crippen LogP contribution in [0.5, 0.6) is 0 Å². The van der Waals surface area contributed by atoms with E-state index in [0.717, 1.165) is 5.01 Å². The highest BCUT2D eigenvalue weighted by Crippen LogP contribution is 2.17. The van der Waals surface area contributed by atoms with Crippen molar-refractivity contribution in [2.75, 3.05) is 11.9 Å². The molecule has 62 valence electrons. The van der Waals surface area contributed by atoms with Gasteiger partial charge in [0.15, 0.2) is 0 Å². The van der Waals surface area contributed by atoms with E-state index in [1.54, 1.807) is 7.05 Å². The zero-order valence-corrected chi connectivity index (χ0v) is 7.55. The van der Waals surface area contributed by atoms with Crippen molar-refractivity contribution in [1.29, 1.82) is 0 Å². The minimum absolute atomic E-state index is 0.411. The molecule has 0 aliphatic rings. The second-order valence-corrected chi connectivity index (χ2v) is 3.27. The lowest BCUT2D eigenvalue weighted by Gasteiger charge is -2.06. The smallest absolute Gasteiger partial charge is 0.279 e. The fraction of sp³-hybridized carbons (Fsp3) is 0.286. The average Bonchev–Trinajstić information content (AvgIpc) is 2.49. The van der Waals surface area contributed by atoms with Crippen LogP contribution in [0.25, 0.3) is 0 Å². The Labute approximate surface area is 74.2 Å². The van der Waals surface area contributed by atoms with Crippen LogP contribution in [0.4, 0.5) is 5.13 Å². The van der Waals surface area contributed by atoms with Crippen LogP contribution in [0.3, 0.4) is 0 Å². The summed E-state index contributed by atoms with van der Waals surface area (Å²) in [7, 11) is 1.57. The first-order valence-electron chi connectivity index (χ1n) is 3.19. The fourth-order valence-corrected chi connectivity index (χ4v) is 1.25. The van der Waals surface area contributed by atoms with E-state index in [2.05, 4.69) is 10.2 Å². The van der Waals surface area contributed by atoms with Gasteiger partial charge in [0.05, 0.1) is 0 Å². The number of carbonyl (C=O) groups excluding carboxylic acids is 1. The Morgan fingerprint density at radius 3 is 2.75 bits per heavy atom. The molecule has 0 bridgehead atoms. The van der Waals surface area contributed by atoms with E-state index in [1.807, 2.05) is 12.8 Å². The van der Waals surface area contributed by atoms with E-state index in [0.29, 0.717) is 5.13 Å². The standard InChI is InChI=1S/C7H7N3OS/c1-4-6(11)10(3)7-9-8-5(2)12-7/h1H,2-3H3. The van der Waals surface area contributed by atoms with E-state index < -0.39 is 5.91 Å². The number of anilines is 1. The maximum absolute atomic E-state index is 11.0. The highest BCUT2D eigenvalue weighted by molar-refractivity contribution is 7.15. The van der Waals surface area contributed by atoms with Gasteiger partial charge in [-0.1, -0.05) is 11.3 Å². The van der Waals surface area contributed by atoms with Gasteiger partial charge in [-0.05, 0) is 12.8 Å². The van der Waals surface area contributed by atoms with Gasteiger partial charge in [0, 0.05) is 7.05 Å². The molecule has 1 aromatic heterocycles. The van der Waals surface area contributed by atoms with Gasteiger partial charge in [-0.3, -0.25) is 9.69 Å². The largest absolute Gasteiger partial charge is 0.304 e. The first kappa shape index (κ1) is 8.68. The highest BCUT2D eigenvalue weighted by atomic mass is 32.1. The maximum atomic E-state index is 11.0. The van der Waals surface area contributed by atoms with E-state index in [9.17, 15) is 4.79 Å². The molecule has 0 spiro atoms. The quantitative estimate of drug-likeness (QED) is 0.591. The summed E-state index contributed by atoms with van der Waals surface area (Å²) in [4.78, 5) is 12.2. The Bertz CT molecular complexity index is 339. The Balaban J connectivity index is 2.86. The zero-order valence-electron chi connectivity index (χ0n) is 6.74. The SMILES string of the molecule is C#CC(=O)N(C)c1nnc(C)s1. The summed E-state index contributed by atoms with van der Waals surface area (Å²) in [5.41, 5.74) is 0. The van der Waals surface area contributed by atoms with Crippen molar-refractivity contribution in [2.45, 2.75) is 6.92 Å². The number of rotatable bonds is 1. The lowest BCUT2D eigenvalue weighted by Crippen LogP contribution is -2.23. The molecule has 1 heterocycles. The highest BCUT2D eigenvalue weighted by Gasteiger charge is 2.11. The van der Waals surface area contributed by atoms with Crippen LogP contribution in [0.15, 0.2) is 0 Å². The van der Waals surface area contributed by atoms with Crippen LogP contribution in [0.2, 0.25) is 0 Å². The fourth-order valence-electron chi connectivity index (χ4n) is 0.605. The molecule has 0 aromatic carbocycles. The van der Waals surface area contributed by atoms with Crippen LogP contribution in [-0.2, 0) is 4.79 Å². The molecule has 0 fully saturated rings. The van der Waals surface area contributed by atoms with Gasteiger partial charge in [-0.25, -0.2) is 0 Å². The van der Waals surface area contributed by atoms with Crippen molar-refractivity contribution in [2.24, 2.45) is 0 Å². The van der Waals surface area contributed by atoms with E-state index in [1.165, 1.54) is 16.2 Å². The second kappa shape index (κ2) is 3.32. The number of nitrogens with zero attached hydrogens (tertiary/aromatic N) is 3. The first-order valence-corrected chi connectivity index (χ1v) is 4.01. The third-order valence-corrected chi connectivity index (χ3v) is 2.15. The van der Waals surface area contributed by atoms with Crippen molar-refractivity contribution in [3.8, 4) is 12.3 Å². The summed E-state index contributed by atoms with van der Waals surface area (Å²) in [6, 6.07) is 0. The van der Waals surface area contributed by atoms with Gasteiger partial charge in [0.25, 0.3) is 0 Å². The summed E-state index contributed by atoms with van der Waals surface area (Å²) in [6.07, 6.45) is 4.93. The van der Waals surface area contributed by atoms with Gasteiger partial charge < -0.3 is 0 Å². The van der Waals surface area contributed by atoms with Crippen molar-refractivity contribution in [3.63, 3.8) is 0 Å². The lowest BCUT2D eigenvalue weighted by molar-refractivity contribution is -0.113. The molecule has 1 rings (SSSR count). The second-order valence-electron chi connectivity index (χ2n) is 2.11. The number of terminal acetylenes is 1. The van der Waals surface area contributed by atoms with Gasteiger partial charge in [0.1, 0.15) is 5.01 Å². The van der Waals surface area contributed by atoms with Gasteiger partial charge in [-0.2, -0.15) is 0 Å². The van der Waals surface area contributed by atoms with E-state index in [-0.39, 0.29) is 0 Å². The van der Waals surface area contributed by atoms with Gasteiger partial charge in [-0.15, -0.1) is 16.6 Å². The van der Waals surface area contributed by atoms with Crippen LogP contribution in [0, 0.1) is 19.3 Å². The number of carbonyl (C=O) groups is 1. The molecule has 0 saturated heterocycles. The van der Waals surface area contributed by atoms with Crippen molar-refractivity contribution < 1.29 is 4.79 Å². The number of amides is 1. The molecule has 12 heavy (non-hydrogen) atoms. The molecule has 0 N–H and O–H groups in total. The number of aromatic nitrogens is 2. The summed E-state index contributed by atoms with van der Waals surface area (Å²) >= 11 is 1.33. The third kappa shape index (κ3) is 1.60. The number of aryl methyl sites for hydroxylation is 1. The predicted octanol–water partition coefficient (Wildman–Crippen LogP) is 0.443. The molecule has 1 amide bonds. The molecular weight excluding hydrogens is 174 g/mol. The Morgan fingerprint density at radius 2 is 2.33 bits per heavy atom. The van der Waals surface area contributed by atoms with Crippen LogP contribution >= 0.6 is 11.3 Å². The molecule has 0 radical (unpaired) electrons. The van der Waals surface area contributed by atoms with Gasteiger partial charge >= 0.3 is 5.91 Å². The normalized spacial score (nSPS) is 9.08. The summed E-state index contributed by atoms with van der Waals surface area (Å²) < 4.78 is 0. The molecule has 0 aliphatic heterocycles. The maximum Gasteiger partial charge on any atom is 0.304 e. The zero-order chi connectivity index (χ0) is 9.14. The molecule has 1 aromatic rings. The number of hydrogen-bond donors (Lipinski definition) is 0. The van der Waals surface area contributed by atoms with Crippen LogP contribution < -0.4 is 4.90 Å². The van der Waals surface area contributed by atoms with Crippen LogP contribution in [-0.4, -0.2) is 23.2 Å². The average molecular weight is 181 g/mol. The number of hydrogen-bond acceptors (Lipinski definition) is 4. The third-order valence-electron chi connectivity index (χ3n) is 1.23. The molecule has 0 unspecified atom stereocenters. The minimum Gasteiger partial charge on any atom is -0.279 e. The van der Waals surface area contributed by atoms with Crippen molar-refractivity contribution in [3.05, 3.63) is 5.01 Å². The Kier molecular flexibility index (Phi) is 2.41. The predicted molar refractivity (Wildman–Crippen MR) is 46.9 cm³/mol. The first-order chi connectivity index (χ1) is 5.65.